The minimum atomic E-state index is -3.63. The van der Waals surface area contributed by atoms with Crippen LogP contribution in [0.4, 0.5) is 0 Å². The maximum Gasteiger partial charge on any atom is 0.323 e. The third-order valence-electron chi connectivity index (χ3n) is 5.40. The monoisotopic (exact) mass is 415 g/mol. The van der Waals surface area contributed by atoms with E-state index in [0.717, 1.165) is 5.56 Å². The molecule has 0 radical (unpaired) electrons. The molecule has 3 atom stereocenters. The molecule has 1 fully saturated rings. The summed E-state index contributed by atoms with van der Waals surface area (Å²) in [6.07, 6.45) is 0.182. The van der Waals surface area contributed by atoms with E-state index in [9.17, 15) is 13.2 Å². The Labute approximate surface area is 173 Å². The predicted molar refractivity (Wildman–Crippen MR) is 113 cm³/mol. The quantitative estimate of drug-likeness (QED) is 0.752. The van der Waals surface area contributed by atoms with Gasteiger partial charge in [-0.25, -0.2) is 8.42 Å². The lowest BCUT2D eigenvalue weighted by molar-refractivity contribution is -0.145. The average Bonchev–Trinajstić information content (AvgIpc) is 3.15. The number of carbonyl (C=O) groups excluding carboxylic acids is 1. The van der Waals surface area contributed by atoms with Crippen LogP contribution in [0.5, 0.6) is 0 Å². The van der Waals surface area contributed by atoms with Gasteiger partial charge in [-0.15, -0.1) is 0 Å². The molecule has 1 saturated heterocycles. The highest BCUT2D eigenvalue weighted by Crippen LogP contribution is 2.36. The van der Waals surface area contributed by atoms with Crippen molar-refractivity contribution in [3.8, 4) is 0 Å². The highest BCUT2D eigenvalue weighted by molar-refractivity contribution is 7.92. The molecule has 0 aromatic heterocycles. The topological polar surface area (TPSA) is 72.5 Å². The van der Waals surface area contributed by atoms with Crippen LogP contribution in [0.3, 0.4) is 0 Å². The standard InChI is InChI=1S/C23H29NO4S/c1-5-28-22(25)19-15-20(29(26,27)18-9-7-6-8-10-18)21(24-19)16-11-13-17(14-12-16)23(2,3)4/h6-14,19-21,24H,5,15H2,1-4H3. The SMILES string of the molecule is CCOC(=O)C1CC(S(=O)(=O)c2ccccc2)C(c2ccc(C(C)(C)C)cc2)N1. The molecule has 0 bridgehead atoms. The van der Waals surface area contributed by atoms with Crippen LogP contribution in [0.1, 0.15) is 51.3 Å². The first kappa shape index (κ1) is 21.5. The summed E-state index contributed by atoms with van der Waals surface area (Å²) >= 11 is 0. The van der Waals surface area contributed by atoms with Gasteiger partial charge in [-0.05, 0) is 42.0 Å². The summed E-state index contributed by atoms with van der Waals surface area (Å²) in [6.45, 7) is 8.41. The van der Waals surface area contributed by atoms with Gasteiger partial charge in [0.25, 0.3) is 0 Å². The molecule has 1 aliphatic heterocycles. The lowest BCUT2D eigenvalue weighted by atomic mass is 9.86. The number of rotatable bonds is 5. The first-order valence-corrected chi connectivity index (χ1v) is 11.5. The van der Waals surface area contributed by atoms with E-state index in [1.54, 1.807) is 37.3 Å². The fourth-order valence-corrected chi connectivity index (χ4v) is 5.69. The van der Waals surface area contributed by atoms with Gasteiger partial charge in [0.15, 0.2) is 9.84 Å². The van der Waals surface area contributed by atoms with Crippen molar-refractivity contribution in [2.45, 2.75) is 61.8 Å². The number of carbonyl (C=O) groups is 1. The van der Waals surface area contributed by atoms with E-state index in [4.69, 9.17) is 4.74 Å². The number of benzene rings is 2. The Morgan fingerprint density at radius 3 is 2.24 bits per heavy atom. The summed E-state index contributed by atoms with van der Waals surface area (Å²) in [6, 6.07) is 15.3. The first-order chi connectivity index (χ1) is 13.6. The lowest BCUT2D eigenvalue weighted by Gasteiger charge is -2.23. The fraction of sp³-hybridized carbons (Fsp3) is 0.435. The van der Waals surface area contributed by atoms with Crippen molar-refractivity contribution in [3.05, 3.63) is 65.7 Å². The van der Waals surface area contributed by atoms with Crippen molar-refractivity contribution in [1.29, 1.82) is 0 Å². The van der Waals surface area contributed by atoms with Gasteiger partial charge in [0.05, 0.1) is 22.8 Å². The molecule has 0 saturated carbocycles. The van der Waals surface area contributed by atoms with E-state index in [-0.39, 0.29) is 23.3 Å². The van der Waals surface area contributed by atoms with Crippen molar-refractivity contribution in [2.24, 2.45) is 0 Å². The summed E-state index contributed by atoms with van der Waals surface area (Å²) in [5.41, 5.74) is 2.03. The molecule has 3 unspecified atom stereocenters. The number of esters is 1. The maximum atomic E-state index is 13.4. The summed E-state index contributed by atoms with van der Waals surface area (Å²) in [7, 11) is -3.63. The molecule has 6 heteroatoms. The zero-order chi connectivity index (χ0) is 21.2. The average molecular weight is 416 g/mol. The van der Waals surface area contributed by atoms with E-state index >= 15 is 0 Å². The number of ether oxygens (including phenoxy) is 1. The Balaban J connectivity index is 1.98. The van der Waals surface area contributed by atoms with Crippen LogP contribution in [0, 0.1) is 0 Å². The molecule has 156 valence electrons. The Bertz CT molecular complexity index is 947. The van der Waals surface area contributed by atoms with Gasteiger partial charge in [0.1, 0.15) is 6.04 Å². The second-order valence-electron chi connectivity index (χ2n) is 8.45. The van der Waals surface area contributed by atoms with Crippen LogP contribution in [0.25, 0.3) is 0 Å². The number of nitrogens with one attached hydrogen (secondary N) is 1. The van der Waals surface area contributed by atoms with Crippen molar-refractivity contribution < 1.29 is 17.9 Å². The van der Waals surface area contributed by atoms with E-state index < -0.39 is 33.1 Å². The summed E-state index contributed by atoms with van der Waals surface area (Å²) in [4.78, 5) is 12.6. The maximum absolute atomic E-state index is 13.4. The largest absolute Gasteiger partial charge is 0.465 e. The van der Waals surface area contributed by atoms with Gasteiger partial charge in [-0.1, -0.05) is 63.2 Å². The molecule has 0 amide bonds. The lowest BCUT2D eigenvalue weighted by Crippen LogP contribution is -2.34. The van der Waals surface area contributed by atoms with E-state index in [1.165, 1.54) is 5.56 Å². The molecular weight excluding hydrogens is 386 g/mol. The van der Waals surface area contributed by atoms with Crippen molar-refractivity contribution >= 4 is 15.8 Å². The van der Waals surface area contributed by atoms with Crippen LogP contribution >= 0.6 is 0 Å². The van der Waals surface area contributed by atoms with Gasteiger partial charge in [0, 0.05) is 0 Å². The number of hydrogen-bond acceptors (Lipinski definition) is 5. The number of sulfone groups is 1. The Morgan fingerprint density at radius 2 is 1.69 bits per heavy atom. The molecule has 0 spiro atoms. The predicted octanol–water partition coefficient (Wildman–Crippen LogP) is 3.79. The molecule has 0 aliphatic carbocycles. The van der Waals surface area contributed by atoms with Crippen molar-refractivity contribution in [1.82, 2.24) is 5.32 Å². The normalized spacial score (nSPS) is 22.4. The Hall–Kier alpha value is -2.18. The highest BCUT2D eigenvalue weighted by Gasteiger charge is 2.46. The van der Waals surface area contributed by atoms with Crippen LogP contribution < -0.4 is 5.32 Å². The van der Waals surface area contributed by atoms with Gasteiger partial charge in [-0.2, -0.15) is 0 Å². The van der Waals surface area contributed by atoms with Crippen LogP contribution in [-0.4, -0.2) is 32.3 Å². The molecule has 2 aromatic rings. The second kappa shape index (κ2) is 8.28. The highest BCUT2D eigenvalue weighted by atomic mass is 32.2. The first-order valence-electron chi connectivity index (χ1n) is 9.96. The molecule has 5 nitrogen and oxygen atoms in total. The van der Waals surface area contributed by atoms with Crippen LogP contribution in [0.2, 0.25) is 0 Å². The zero-order valence-corrected chi connectivity index (χ0v) is 18.2. The molecule has 29 heavy (non-hydrogen) atoms. The third-order valence-corrected chi connectivity index (χ3v) is 7.59. The van der Waals surface area contributed by atoms with Gasteiger partial charge in [0.2, 0.25) is 0 Å². The molecular formula is C23H29NO4S. The third kappa shape index (κ3) is 4.54. The van der Waals surface area contributed by atoms with Crippen LogP contribution in [-0.2, 0) is 24.8 Å². The zero-order valence-electron chi connectivity index (χ0n) is 17.4. The van der Waals surface area contributed by atoms with E-state index in [2.05, 4.69) is 26.1 Å². The van der Waals surface area contributed by atoms with Gasteiger partial charge >= 0.3 is 5.97 Å². The van der Waals surface area contributed by atoms with Gasteiger partial charge < -0.3 is 4.74 Å². The summed E-state index contributed by atoms with van der Waals surface area (Å²) in [5.74, 6) is -0.408. The molecule has 3 rings (SSSR count). The van der Waals surface area contributed by atoms with E-state index in [0.29, 0.717) is 0 Å². The van der Waals surface area contributed by atoms with Crippen molar-refractivity contribution in [2.75, 3.05) is 6.61 Å². The van der Waals surface area contributed by atoms with Crippen LogP contribution in [0.15, 0.2) is 59.5 Å². The Morgan fingerprint density at radius 1 is 1.07 bits per heavy atom. The number of hydrogen-bond donors (Lipinski definition) is 1. The fourth-order valence-electron chi connectivity index (χ4n) is 3.76. The van der Waals surface area contributed by atoms with E-state index in [1.807, 2.05) is 24.3 Å². The molecule has 1 aliphatic rings. The van der Waals surface area contributed by atoms with Gasteiger partial charge in [-0.3, -0.25) is 10.1 Å². The summed E-state index contributed by atoms with van der Waals surface area (Å²) in [5, 5.41) is 2.47. The molecule has 1 heterocycles. The molecule has 2 aromatic carbocycles. The second-order valence-corrected chi connectivity index (χ2v) is 10.6. The minimum absolute atomic E-state index is 0.00458. The minimum Gasteiger partial charge on any atom is -0.465 e. The Kier molecular flexibility index (Phi) is 6.15. The molecule has 1 N–H and O–H groups in total. The summed E-state index contributed by atoms with van der Waals surface area (Å²) < 4.78 is 31.9. The smallest absolute Gasteiger partial charge is 0.323 e. The van der Waals surface area contributed by atoms with Crippen molar-refractivity contribution in [3.63, 3.8) is 0 Å².